The molecule has 6 heteroatoms. The van der Waals surface area contributed by atoms with E-state index in [1.807, 2.05) is 0 Å². The van der Waals surface area contributed by atoms with Crippen LogP contribution in [0.5, 0.6) is 0 Å². The highest BCUT2D eigenvalue weighted by Crippen LogP contribution is 2.04. The van der Waals surface area contributed by atoms with E-state index < -0.39 is 11.2 Å². The second-order valence-electron chi connectivity index (χ2n) is 3.41. The Hall–Kier alpha value is -2.24. The molecule has 0 aromatic carbocycles. The van der Waals surface area contributed by atoms with Gasteiger partial charge in [-0.25, -0.2) is 4.79 Å². The van der Waals surface area contributed by atoms with Gasteiger partial charge in [0.15, 0.2) is 0 Å². The lowest BCUT2D eigenvalue weighted by Crippen LogP contribution is -2.38. The van der Waals surface area contributed by atoms with Crippen LogP contribution < -0.4 is 17.0 Å². The lowest BCUT2D eigenvalue weighted by molar-refractivity contribution is 0.484. The zero-order valence-corrected chi connectivity index (χ0v) is 8.71. The molecule has 0 spiro atoms. The molecule has 2 heterocycles. The van der Waals surface area contributed by atoms with Crippen molar-refractivity contribution in [2.75, 3.05) is 5.73 Å². The first-order chi connectivity index (χ1) is 7.59. The molecule has 0 saturated carbocycles. The number of hydrogen-bond acceptors (Lipinski definition) is 4. The molecule has 0 aliphatic heterocycles. The first-order valence-corrected chi connectivity index (χ1v) is 4.68. The average Bonchev–Trinajstić information content (AvgIpc) is 2.74. The summed E-state index contributed by atoms with van der Waals surface area (Å²) < 4.78 is 7.39. The Balaban J connectivity index is 2.54. The number of furan rings is 1. The normalized spacial score (nSPS) is 10.6. The molecule has 0 atom stereocenters. The van der Waals surface area contributed by atoms with Crippen LogP contribution in [0.25, 0.3) is 0 Å². The third-order valence-electron chi connectivity index (χ3n) is 2.33. The Morgan fingerprint density at radius 2 is 2.19 bits per heavy atom. The smallest absolute Gasteiger partial charge is 0.332 e. The fraction of sp³-hybridized carbons (Fsp3) is 0.200. The molecule has 0 aliphatic rings. The van der Waals surface area contributed by atoms with Crippen molar-refractivity contribution in [3.8, 4) is 0 Å². The molecule has 16 heavy (non-hydrogen) atoms. The molecule has 0 saturated heterocycles. The second kappa shape index (κ2) is 3.73. The molecule has 0 amide bonds. The lowest BCUT2D eigenvalue weighted by atomic mass is 10.4. The SMILES string of the molecule is Cn1c(=O)cc(N)n(Cc2ccco2)c1=O. The molecule has 0 fully saturated rings. The lowest BCUT2D eigenvalue weighted by Gasteiger charge is -2.08. The van der Waals surface area contributed by atoms with Crippen LogP contribution in [0.3, 0.4) is 0 Å². The maximum atomic E-state index is 11.7. The number of nitrogen functional groups attached to an aromatic ring is 1. The summed E-state index contributed by atoms with van der Waals surface area (Å²) in [6.07, 6.45) is 1.51. The molecule has 0 aliphatic carbocycles. The van der Waals surface area contributed by atoms with E-state index in [0.29, 0.717) is 5.76 Å². The minimum absolute atomic E-state index is 0.129. The summed E-state index contributed by atoms with van der Waals surface area (Å²) in [4.78, 5) is 23.0. The van der Waals surface area contributed by atoms with Crippen molar-refractivity contribution in [3.63, 3.8) is 0 Å². The molecule has 0 radical (unpaired) electrons. The van der Waals surface area contributed by atoms with E-state index in [4.69, 9.17) is 10.2 Å². The van der Waals surface area contributed by atoms with E-state index in [2.05, 4.69) is 0 Å². The largest absolute Gasteiger partial charge is 0.467 e. The van der Waals surface area contributed by atoms with Gasteiger partial charge >= 0.3 is 5.69 Å². The average molecular weight is 221 g/mol. The van der Waals surface area contributed by atoms with Crippen molar-refractivity contribution in [1.82, 2.24) is 9.13 Å². The van der Waals surface area contributed by atoms with Gasteiger partial charge in [0.1, 0.15) is 11.6 Å². The van der Waals surface area contributed by atoms with Crippen LogP contribution in [0.1, 0.15) is 5.76 Å². The van der Waals surface area contributed by atoms with Crippen LogP contribution in [-0.4, -0.2) is 9.13 Å². The van der Waals surface area contributed by atoms with Crippen molar-refractivity contribution in [1.29, 1.82) is 0 Å². The van der Waals surface area contributed by atoms with Crippen molar-refractivity contribution in [3.05, 3.63) is 51.1 Å². The van der Waals surface area contributed by atoms with Gasteiger partial charge < -0.3 is 10.2 Å². The number of nitrogens with two attached hydrogens (primary N) is 1. The summed E-state index contributed by atoms with van der Waals surface area (Å²) >= 11 is 0. The van der Waals surface area contributed by atoms with E-state index in [1.54, 1.807) is 12.1 Å². The van der Waals surface area contributed by atoms with Crippen LogP contribution in [0.2, 0.25) is 0 Å². The number of hydrogen-bond donors (Lipinski definition) is 1. The van der Waals surface area contributed by atoms with Gasteiger partial charge in [-0.3, -0.25) is 13.9 Å². The summed E-state index contributed by atoms with van der Waals surface area (Å²) in [5.41, 5.74) is 4.74. The van der Waals surface area contributed by atoms with Gasteiger partial charge in [-0.1, -0.05) is 0 Å². The summed E-state index contributed by atoms with van der Waals surface area (Å²) in [5, 5.41) is 0. The van der Waals surface area contributed by atoms with Gasteiger partial charge in [0, 0.05) is 13.1 Å². The van der Waals surface area contributed by atoms with Crippen LogP contribution in [0, 0.1) is 0 Å². The molecule has 6 nitrogen and oxygen atoms in total. The fourth-order valence-electron chi connectivity index (χ4n) is 1.40. The third kappa shape index (κ3) is 1.65. The van der Waals surface area contributed by atoms with Crippen LogP contribution in [-0.2, 0) is 13.6 Å². The van der Waals surface area contributed by atoms with Gasteiger partial charge in [0.25, 0.3) is 5.56 Å². The van der Waals surface area contributed by atoms with E-state index in [-0.39, 0.29) is 12.4 Å². The summed E-state index contributed by atoms with van der Waals surface area (Å²) in [6, 6.07) is 4.67. The quantitative estimate of drug-likeness (QED) is 0.759. The Labute approximate surface area is 90.5 Å². The Bertz CT molecular complexity index is 607. The van der Waals surface area contributed by atoms with Crippen molar-refractivity contribution >= 4 is 5.82 Å². The van der Waals surface area contributed by atoms with Crippen LogP contribution in [0.15, 0.2) is 38.5 Å². The maximum Gasteiger partial charge on any atom is 0.332 e. The van der Waals surface area contributed by atoms with Crippen molar-refractivity contribution in [2.45, 2.75) is 6.54 Å². The first kappa shape index (κ1) is 10.3. The van der Waals surface area contributed by atoms with Gasteiger partial charge in [0.2, 0.25) is 0 Å². The predicted octanol–water partition coefficient (Wildman–Crippen LogP) is -0.230. The molecule has 2 aromatic heterocycles. The van der Waals surface area contributed by atoms with Gasteiger partial charge in [-0.2, -0.15) is 0 Å². The number of anilines is 1. The molecule has 0 unspecified atom stereocenters. The minimum Gasteiger partial charge on any atom is -0.467 e. The molecule has 2 N–H and O–H groups in total. The first-order valence-electron chi connectivity index (χ1n) is 4.68. The number of nitrogens with zero attached hydrogens (tertiary/aromatic N) is 2. The highest BCUT2D eigenvalue weighted by Gasteiger charge is 2.08. The van der Waals surface area contributed by atoms with Gasteiger partial charge in [0.05, 0.1) is 12.8 Å². The minimum atomic E-state index is -0.457. The van der Waals surface area contributed by atoms with E-state index in [0.717, 1.165) is 4.57 Å². The Kier molecular flexibility index (Phi) is 2.40. The number of rotatable bonds is 2. The molecule has 2 rings (SSSR count). The van der Waals surface area contributed by atoms with Gasteiger partial charge in [-0.15, -0.1) is 0 Å². The molecular formula is C10H11N3O3. The monoisotopic (exact) mass is 221 g/mol. The third-order valence-corrected chi connectivity index (χ3v) is 2.33. The summed E-state index contributed by atoms with van der Waals surface area (Å²) in [7, 11) is 1.41. The van der Waals surface area contributed by atoms with Crippen molar-refractivity contribution in [2.24, 2.45) is 7.05 Å². The highest BCUT2D eigenvalue weighted by molar-refractivity contribution is 5.27. The fourth-order valence-corrected chi connectivity index (χ4v) is 1.40. The zero-order chi connectivity index (χ0) is 11.7. The Morgan fingerprint density at radius 1 is 1.44 bits per heavy atom. The Morgan fingerprint density at radius 3 is 2.81 bits per heavy atom. The highest BCUT2D eigenvalue weighted by atomic mass is 16.3. The maximum absolute atomic E-state index is 11.7. The zero-order valence-electron chi connectivity index (χ0n) is 8.71. The second-order valence-corrected chi connectivity index (χ2v) is 3.41. The summed E-state index contributed by atoms with van der Waals surface area (Å²) in [6.45, 7) is 0.214. The molecular weight excluding hydrogens is 210 g/mol. The molecule has 0 bridgehead atoms. The van der Waals surface area contributed by atoms with Crippen LogP contribution in [0.4, 0.5) is 5.82 Å². The standard InChI is InChI=1S/C10H11N3O3/c1-12-9(14)5-8(11)13(10(12)15)6-7-3-2-4-16-7/h2-5H,6,11H2,1H3. The van der Waals surface area contributed by atoms with E-state index >= 15 is 0 Å². The summed E-state index contributed by atoms with van der Waals surface area (Å²) in [5.74, 6) is 0.733. The number of aromatic nitrogens is 2. The van der Waals surface area contributed by atoms with Crippen molar-refractivity contribution < 1.29 is 4.42 Å². The van der Waals surface area contributed by atoms with Crippen LogP contribution >= 0.6 is 0 Å². The van der Waals surface area contributed by atoms with E-state index in [9.17, 15) is 9.59 Å². The van der Waals surface area contributed by atoms with Gasteiger partial charge in [-0.05, 0) is 12.1 Å². The topological polar surface area (TPSA) is 83.2 Å². The van der Waals surface area contributed by atoms with E-state index in [1.165, 1.54) is 23.9 Å². The molecule has 84 valence electrons. The predicted molar refractivity (Wildman–Crippen MR) is 58.2 cm³/mol. The molecule has 2 aromatic rings.